The Morgan fingerprint density at radius 3 is 2.24 bits per heavy atom. The number of hydrogen-bond donors (Lipinski definition) is 1. The van der Waals surface area contributed by atoms with Gasteiger partial charge in [-0.15, -0.1) is 0 Å². The summed E-state index contributed by atoms with van der Waals surface area (Å²) in [4.78, 5) is 12.5. The first kappa shape index (κ1) is 18.9. The molecule has 0 atom stereocenters. The SMILES string of the molecule is CC(=O)c1c(CO)cc2cc(OCc3ccccc3)ccc2c1-c1ccccc1. The van der Waals surface area contributed by atoms with E-state index in [1.54, 1.807) is 6.92 Å². The zero-order valence-electron chi connectivity index (χ0n) is 16.3. The Bertz CT molecular complexity index is 1150. The van der Waals surface area contributed by atoms with Gasteiger partial charge in [-0.05, 0) is 52.6 Å². The molecule has 0 unspecified atom stereocenters. The smallest absolute Gasteiger partial charge is 0.160 e. The highest BCUT2D eigenvalue weighted by Crippen LogP contribution is 2.36. The molecular formula is C26H22O3. The van der Waals surface area contributed by atoms with Crippen molar-refractivity contribution in [2.24, 2.45) is 0 Å². The minimum Gasteiger partial charge on any atom is -0.489 e. The number of aliphatic hydroxyl groups excluding tert-OH is 1. The molecule has 0 aromatic heterocycles. The largest absolute Gasteiger partial charge is 0.489 e. The van der Waals surface area contributed by atoms with Crippen LogP contribution >= 0.6 is 0 Å². The average molecular weight is 382 g/mol. The van der Waals surface area contributed by atoms with Gasteiger partial charge in [0.15, 0.2) is 5.78 Å². The number of Topliss-reactive ketones (excluding diaryl/α,β-unsaturated/α-hetero) is 1. The molecule has 0 radical (unpaired) electrons. The molecule has 4 aromatic rings. The fourth-order valence-electron chi connectivity index (χ4n) is 3.71. The Balaban J connectivity index is 1.83. The number of carbonyl (C=O) groups excluding carboxylic acids is 1. The van der Waals surface area contributed by atoms with E-state index in [2.05, 4.69) is 0 Å². The van der Waals surface area contributed by atoms with Crippen LogP contribution in [0.15, 0.2) is 84.9 Å². The summed E-state index contributed by atoms with van der Waals surface area (Å²) in [5.41, 5.74) is 4.11. The second-order valence-corrected chi connectivity index (χ2v) is 7.02. The standard InChI is InChI=1S/C26H22O3/c1-18(28)25-22(16-27)14-21-15-23(29-17-19-8-4-2-5-9-19)12-13-24(21)26(25)20-10-6-3-7-11-20/h2-15,27H,16-17H2,1H3. The summed E-state index contributed by atoms with van der Waals surface area (Å²) >= 11 is 0. The molecule has 0 aliphatic carbocycles. The van der Waals surface area contributed by atoms with Gasteiger partial charge >= 0.3 is 0 Å². The Morgan fingerprint density at radius 2 is 1.59 bits per heavy atom. The highest BCUT2D eigenvalue weighted by Gasteiger charge is 2.18. The third-order valence-corrected chi connectivity index (χ3v) is 5.03. The third-order valence-electron chi connectivity index (χ3n) is 5.03. The van der Waals surface area contributed by atoms with E-state index in [0.29, 0.717) is 17.7 Å². The quantitative estimate of drug-likeness (QED) is 0.430. The lowest BCUT2D eigenvalue weighted by Crippen LogP contribution is -2.04. The monoisotopic (exact) mass is 382 g/mol. The van der Waals surface area contributed by atoms with Crippen molar-refractivity contribution in [3.8, 4) is 16.9 Å². The van der Waals surface area contributed by atoms with Gasteiger partial charge in [0.05, 0.1) is 6.61 Å². The number of rotatable bonds is 6. The van der Waals surface area contributed by atoms with Crippen LogP contribution in [0.1, 0.15) is 28.4 Å². The van der Waals surface area contributed by atoms with Crippen molar-refractivity contribution in [2.75, 3.05) is 0 Å². The van der Waals surface area contributed by atoms with Gasteiger partial charge in [-0.1, -0.05) is 66.7 Å². The molecule has 1 N–H and O–H groups in total. The van der Waals surface area contributed by atoms with Crippen molar-refractivity contribution >= 4 is 16.6 Å². The van der Waals surface area contributed by atoms with Crippen LogP contribution in [0.4, 0.5) is 0 Å². The summed E-state index contributed by atoms with van der Waals surface area (Å²) in [5, 5.41) is 11.8. The highest BCUT2D eigenvalue weighted by atomic mass is 16.5. The maximum Gasteiger partial charge on any atom is 0.160 e. The van der Waals surface area contributed by atoms with Gasteiger partial charge in [0.2, 0.25) is 0 Å². The molecule has 0 aliphatic rings. The second kappa shape index (κ2) is 8.29. The first-order valence-electron chi connectivity index (χ1n) is 9.61. The van der Waals surface area contributed by atoms with Gasteiger partial charge in [-0.25, -0.2) is 0 Å². The summed E-state index contributed by atoms with van der Waals surface area (Å²) in [6, 6.07) is 27.6. The van der Waals surface area contributed by atoms with Crippen LogP contribution in [0.5, 0.6) is 5.75 Å². The summed E-state index contributed by atoms with van der Waals surface area (Å²) in [7, 11) is 0. The van der Waals surface area contributed by atoms with E-state index >= 15 is 0 Å². The molecular weight excluding hydrogens is 360 g/mol. The van der Waals surface area contributed by atoms with Crippen molar-refractivity contribution in [3.05, 3.63) is 102 Å². The van der Waals surface area contributed by atoms with E-state index in [4.69, 9.17) is 4.74 Å². The molecule has 4 aromatic carbocycles. The van der Waals surface area contributed by atoms with Crippen LogP contribution < -0.4 is 4.74 Å². The summed E-state index contributed by atoms with van der Waals surface area (Å²) in [6.45, 7) is 1.83. The third kappa shape index (κ3) is 3.91. The number of fused-ring (bicyclic) bond motifs is 1. The van der Waals surface area contributed by atoms with E-state index in [0.717, 1.165) is 33.2 Å². The fraction of sp³-hybridized carbons (Fsp3) is 0.115. The van der Waals surface area contributed by atoms with Crippen LogP contribution in [0.25, 0.3) is 21.9 Å². The van der Waals surface area contributed by atoms with Gasteiger partial charge in [-0.2, -0.15) is 0 Å². The number of ether oxygens (including phenoxy) is 1. The predicted molar refractivity (Wildman–Crippen MR) is 116 cm³/mol. The van der Waals surface area contributed by atoms with Gasteiger partial charge in [0, 0.05) is 11.1 Å². The van der Waals surface area contributed by atoms with Crippen LogP contribution in [0, 0.1) is 0 Å². The molecule has 3 nitrogen and oxygen atoms in total. The molecule has 144 valence electrons. The molecule has 0 amide bonds. The molecule has 0 heterocycles. The van der Waals surface area contributed by atoms with Gasteiger partial charge in [0.1, 0.15) is 12.4 Å². The van der Waals surface area contributed by atoms with Crippen LogP contribution in [0.2, 0.25) is 0 Å². The number of carbonyl (C=O) groups is 1. The predicted octanol–water partition coefficient (Wildman–Crippen LogP) is 5.78. The van der Waals surface area contributed by atoms with E-state index in [1.807, 2.05) is 84.9 Å². The molecule has 3 heteroatoms. The highest BCUT2D eigenvalue weighted by molar-refractivity contribution is 6.11. The normalized spacial score (nSPS) is 10.8. The molecule has 0 spiro atoms. The van der Waals surface area contributed by atoms with Crippen LogP contribution in [0.3, 0.4) is 0 Å². The van der Waals surface area contributed by atoms with E-state index in [9.17, 15) is 9.90 Å². The van der Waals surface area contributed by atoms with Crippen molar-refractivity contribution in [1.82, 2.24) is 0 Å². The number of hydrogen-bond acceptors (Lipinski definition) is 3. The average Bonchev–Trinajstić information content (AvgIpc) is 2.77. The summed E-state index contributed by atoms with van der Waals surface area (Å²) in [6.07, 6.45) is 0. The number of benzene rings is 4. The van der Waals surface area contributed by atoms with E-state index in [-0.39, 0.29) is 12.4 Å². The maximum absolute atomic E-state index is 12.5. The lowest BCUT2D eigenvalue weighted by Gasteiger charge is -2.17. The topological polar surface area (TPSA) is 46.5 Å². The molecule has 0 saturated heterocycles. The van der Waals surface area contributed by atoms with Gasteiger partial charge in [0.25, 0.3) is 0 Å². The lowest BCUT2D eigenvalue weighted by molar-refractivity contribution is 0.101. The van der Waals surface area contributed by atoms with Crippen molar-refractivity contribution in [3.63, 3.8) is 0 Å². The summed E-state index contributed by atoms with van der Waals surface area (Å²) in [5.74, 6) is 0.694. The Labute approximate surface area is 170 Å². The van der Waals surface area contributed by atoms with Crippen molar-refractivity contribution in [2.45, 2.75) is 20.1 Å². The van der Waals surface area contributed by atoms with E-state index in [1.165, 1.54) is 0 Å². The Hall–Kier alpha value is -3.43. The van der Waals surface area contributed by atoms with E-state index < -0.39 is 0 Å². The van der Waals surface area contributed by atoms with Crippen LogP contribution in [-0.2, 0) is 13.2 Å². The van der Waals surface area contributed by atoms with Crippen molar-refractivity contribution in [1.29, 1.82) is 0 Å². The second-order valence-electron chi connectivity index (χ2n) is 7.02. The summed E-state index contributed by atoms with van der Waals surface area (Å²) < 4.78 is 5.97. The number of ketones is 1. The van der Waals surface area contributed by atoms with Crippen molar-refractivity contribution < 1.29 is 14.6 Å². The fourth-order valence-corrected chi connectivity index (χ4v) is 3.71. The molecule has 0 aliphatic heterocycles. The molecule has 29 heavy (non-hydrogen) atoms. The minimum absolute atomic E-state index is 0.0563. The first-order valence-corrected chi connectivity index (χ1v) is 9.61. The molecule has 0 bridgehead atoms. The molecule has 0 fully saturated rings. The zero-order valence-corrected chi connectivity index (χ0v) is 16.3. The molecule has 4 rings (SSSR count). The van der Waals surface area contributed by atoms with Gasteiger partial charge in [-0.3, -0.25) is 4.79 Å². The minimum atomic E-state index is -0.195. The first-order chi connectivity index (χ1) is 14.2. The van der Waals surface area contributed by atoms with Gasteiger partial charge < -0.3 is 9.84 Å². The lowest BCUT2D eigenvalue weighted by atomic mass is 9.88. The number of aliphatic hydroxyl groups is 1. The Kier molecular flexibility index (Phi) is 5.41. The Morgan fingerprint density at radius 1 is 0.897 bits per heavy atom. The molecule has 0 saturated carbocycles. The zero-order chi connectivity index (χ0) is 20.2. The van der Waals surface area contributed by atoms with Crippen LogP contribution in [-0.4, -0.2) is 10.9 Å². The maximum atomic E-state index is 12.5.